The Morgan fingerprint density at radius 1 is 1.05 bits per heavy atom. The van der Waals surface area contributed by atoms with E-state index in [1.807, 2.05) is 0 Å². The first-order chi connectivity index (χ1) is 9.47. The fourth-order valence-corrected chi connectivity index (χ4v) is 2.01. The molecular weight excluding hydrogens is 260 g/mol. The summed E-state index contributed by atoms with van der Waals surface area (Å²) in [5, 5.41) is 9.12. The number of aromatic hydroxyl groups is 1. The van der Waals surface area contributed by atoms with Crippen molar-refractivity contribution in [2.24, 2.45) is 5.92 Å². The molecular formula is C15H12O5. The number of ketones is 4. The first-order valence-electron chi connectivity index (χ1n) is 6.05. The molecule has 1 aliphatic rings. The largest absolute Gasteiger partial charge is 0.508 e. The number of Topliss-reactive ketones (excluding diaryl/α,β-unsaturated/α-hetero) is 3. The number of benzene rings is 1. The SMILES string of the molecule is O=C1CC(=O)C(C(=O)/C=C/c2ccc(O)cc2)C(=O)C1. The van der Waals surface area contributed by atoms with E-state index in [4.69, 9.17) is 5.11 Å². The van der Waals surface area contributed by atoms with Crippen LogP contribution in [-0.4, -0.2) is 28.2 Å². The van der Waals surface area contributed by atoms with Crippen LogP contribution in [0.4, 0.5) is 0 Å². The topological polar surface area (TPSA) is 88.5 Å². The second-order valence-corrected chi connectivity index (χ2v) is 4.59. The first-order valence-corrected chi connectivity index (χ1v) is 6.05. The lowest BCUT2D eigenvalue weighted by atomic mass is 9.83. The molecule has 0 radical (unpaired) electrons. The van der Waals surface area contributed by atoms with Gasteiger partial charge in [0.1, 0.15) is 17.5 Å². The third kappa shape index (κ3) is 3.06. The zero-order valence-corrected chi connectivity index (χ0v) is 10.5. The van der Waals surface area contributed by atoms with Crippen LogP contribution in [0.25, 0.3) is 6.08 Å². The Balaban J connectivity index is 2.11. The van der Waals surface area contributed by atoms with Gasteiger partial charge in [-0.15, -0.1) is 0 Å². The monoisotopic (exact) mass is 272 g/mol. The number of hydrogen-bond donors (Lipinski definition) is 1. The van der Waals surface area contributed by atoms with Crippen LogP contribution in [0, 0.1) is 5.92 Å². The van der Waals surface area contributed by atoms with Gasteiger partial charge >= 0.3 is 0 Å². The molecule has 0 heterocycles. The number of hydrogen-bond acceptors (Lipinski definition) is 5. The maximum absolute atomic E-state index is 11.9. The maximum Gasteiger partial charge on any atom is 0.173 e. The van der Waals surface area contributed by atoms with Gasteiger partial charge in [0.2, 0.25) is 0 Å². The summed E-state index contributed by atoms with van der Waals surface area (Å²) in [6, 6.07) is 6.10. The molecule has 102 valence electrons. The molecule has 1 fully saturated rings. The van der Waals surface area contributed by atoms with Crippen molar-refractivity contribution in [3.8, 4) is 5.75 Å². The molecule has 0 unspecified atom stereocenters. The number of carbonyl (C=O) groups excluding carboxylic acids is 4. The van der Waals surface area contributed by atoms with Crippen molar-refractivity contribution in [2.45, 2.75) is 12.8 Å². The third-order valence-corrected chi connectivity index (χ3v) is 3.00. The normalized spacial score (nSPS) is 16.9. The number of phenolic OH excluding ortho intramolecular Hbond substituents is 1. The molecule has 0 atom stereocenters. The van der Waals surface area contributed by atoms with Gasteiger partial charge in [-0.1, -0.05) is 18.2 Å². The van der Waals surface area contributed by atoms with E-state index in [-0.39, 0.29) is 18.6 Å². The molecule has 0 amide bonds. The fourth-order valence-electron chi connectivity index (χ4n) is 2.01. The van der Waals surface area contributed by atoms with Crippen molar-refractivity contribution in [1.82, 2.24) is 0 Å². The predicted octanol–water partition coefficient (Wildman–Crippen LogP) is 1.09. The second kappa shape index (κ2) is 5.61. The molecule has 1 saturated carbocycles. The molecule has 0 saturated heterocycles. The molecule has 5 nitrogen and oxygen atoms in total. The van der Waals surface area contributed by atoms with Crippen molar-refractivity contribution in [1.29, 1.82) is 0 Å². The van der Waals surface area contributed by atoms with Crippen LogP contribution in [0.2, 0.25) is 0 Å². The van der Waals surface area contributed by atoms with Gasteiger partial charge in [0.25, 0.3) is 0 Å². The number of allylic oxidation sites excluding steroid dienone is 1. The molecule has 20 heavy (non-hydrogen) atoms. The van der Waals surface area contributed by atoms with E-state index in [0.29, 0.717) is 5.56 Å². The highest BCUT2D eigenvalue weighted by Gasteiger charge is 2.38. The van der Waals surface area contributed by atoms with E-state index in [1.54, 1.807) is 12.1 Å². The minimum atomic E-state index is -1.35. The molecule has 1 aromatic rings. The van der Waals surface area contributed by atoms with Gasteiger partial charge < -0.3 is 5.11 Å². The molecule has 1 aromatic carbocycles. The zero-order valence-electron chi connectivity index (χ0n) is 10.5. The molecule has 1 aliphatic carbocycles. The van der Waals surface area contributed by atoms with E-state index in [0.717, 1.165) is 6.08 Å². The van der Waals surface area contributed by atoms with Crippen LogP contribution in [0.3, 0.4) is 0 Å². The smallest absolute Gasteiger partial charge is 0.173 e. The summed E-state index contributed by atoms with van der Waals surface area (Å²) in [5.41, 5.74) is 0.655. The lowest BCUT2D eigenvalue weighted by Gasteiger charge is -2.15. The molecule has 0 aliphatic heterocycles. The Morgan fingerprint density at radius 3 is 2.15 bits per heavy atom. The van der Waals surface area contributed by atoms with Crippen molar-refractivity contribution < 1.29 is 24.3 Å². The summed E-state index contributed by atoms with van der Waals surface area (Å²) in [6.07, 6.45) is 1.91. The Hall–Kier alpha value is -2.56. The minimum absolute atomic E-state index is 0.102. The van der Waals surface area contributed by atoms with Crippen LogP contribution in [0.1, 0.15) is 18.4 Å². The maximum atomic E-state index is 11.9. The average Bonchev–Trinajstić information content (AvgIpc) is 2.37. The zero-order chi connectivity index (χ0) is 14.7. The predicted molar refractivity (Wildman–Crippen MR) is 69.9 cm³/mol. The second-order valence-electron chi connectivity index (χ2n) is 4.59. The highest BCUT2D eigenvalue weighted by Crippen LogP contribution is 2.17. The van der Waals surface area contributed by atoms with Gasteiger partial charge in [-0.05, 0) is 23.8 Å². The molecule has 2 rings (SSSR count). The van der Waals surface area contributed by atoms with E-state index in [1.165, 1.54) is 18.2 Å². The molecule has 0 spiro atoms. The molecule has 1 N–H and O–H groups in total. The standard InChI is InChI=1S/C15H12O5/c16-10-4-1-9(2-5-10)3-6-12(18)15-13(19)7-11(17)8-14(15)20/h1-6,15-16H,7-8H2/b6-3+. The van der Waals surface area contributed by atoms with E-state index < -0.39 is 29.1 Å². The van der Waals surface area contributed by atoms with Crippen molar-refractivity contribution in [3.63, 3.8) is 0 Å². The average molecular weight is 272 g/mol. The lowest BCUT2D eigenvalue weighted by molar-refractivity contribution is -0.143. The summed E-state index contributed by atoms with van der Waals surface area (Å²) in [7, 11) is 0. The quantitative estimate of drug-likeness (QED) is 0.657. The van der Waals surface area contributed by atoms with Crippen LogP contribution >= 0.6 is 0 Å². The van der Waals surface area contributed by atoms with Gasteiger partial charge in [0.05, 0.1) is 12.8 Å². The molecule has 0 bridgehead atoms. The van der Waals surface area contributed by atoms with Crippen LogP contribution in [0.5, 0.6) is 5.75 Å². The number of phenols is 1. The van der Waals surface area contributed by atoms with E-state index in [9.17, 15) is 19.2 Å². The van der Waals surface area contributed by atoms with Crippen molar-refractivity contribution >= 4 is 29.2 Å². The fraction of sp³-hybridized carbons (Fsp3) is 0.200. The Morgan fingerprint density at radius 2 is 1.60 bits per heavy atom. The summed E-state index contributed by atoms with van der Waals surface area (Å²) >= 11 is 0. The minimum Gasteiger partial charge on any atom is -0.508 e. The van der Waals surface area contributed by atoms with Crippen molar-refractivity contribution in [2.75, 3.05) is 0 Å². The first kappa shape index (κ1) is 13.9. The Kier molecular flexibility index (Phi) is 3.89. The third-order valence-electron chi connectivity index (χ3n) is 3.00. The van der Waals surface area contributed by atoms with Crippen LogP contribution in [0.15, 0.2) is 30.3 Å². The van der Waals surface area contributed by atoms with Crippen LogP contribution in [-0.2, 0) is 19.2 Å². The summed E-state index contributed by atoms with van der Waals surface area (Å²) in [4.78, 5) is 46.1. The summed E-state index contributed by atoms with van der Waals surface area (Å²) in [6.45, 7) is 0. The summed E-state index contributed by atoms with van der Waals surface area (Å²) in [5.74, 6) is -3.56. The summed E-state index contributed by atoms with van der Waals surface area (Å²) < 4.78 is 0. The van der Waals surface area contributed by atoms with Gasteiger partial charge in [0, 0.05) is 0 Å². The van der Waals surface area contributed by atoms with E-state index in [2.05, 4.69) is 0 Å². The molecule has 5 heteroatoms. The van der Waals surface area contributed by atoms with E-state index >= 15 is 0 Å². The lowest BCUT2D eigenvalue weighted by Crippen LogP contribution is -2.38. The van der Waals surface area contributed by atoms with Crippen LogP contribution < -0.4 is 0 Å². The van der Waals surface area contributed by atoms with Gasteiger partial charge in [-0.25, -0.2) is 0 Å². The highest BCUT2D eigenvalue weighted by molar-refractivity contribution is 6.31. The number of carbonyl (C=O) groups is 4. The van der Waals surface area contributed by atoms with Gasteiger partial charge in [-0.3, -0.25) is 19.2 Å². The number of rotatable bonds is 3. The molecule has 0 aromatic heterocycles. The Labute approximate surface area is 114 Å². The van der Waals surface area contributed by atoms with Crippen molar-refractivity contribution in [3.05, 3.63) is 35.9 Å². The highest BCUT2D eigenvalue weighted by atomic mass is 16.3. The van der Waals surface area contributed by atoms with Gasteiger partial charge in [0.15, 0.2) is 17.3 Å². The van der Waals surface area contributed by atoms with Gasteiger partial charge in [-0.2, -0.15) is 0 Å². The Bertz CT molecular complexity index is 590.